The molecule has 16 heteroatoms. The second-order valence-corrected chi connectivity index (χ2v) is 21.6. The number of carbonyl (C=O) groups is 2. The third-order valence-electron chi connectivity index (χ3n) is 12.6. The number of hydrogen-bond donors (Lipinski definition) is 1. The molecule has 378 valence electrons. The minimum absolute atomic E-state index is 0.0261. The molecule has 1 N–H and O–H groups in total. The minimum Gasteiger partial charge on any atom is -0.497 e. The van der Waals surface area contributed by atoms with Crippen molar-refractivity contribution in [2.24, 2.45) is 0 Å². The Bertz CT molecular complexity index is 3050. The maximum absolute atomic E-state index is 14.3. The number of rotatable bonds is 15. The average Bonchev–Trinajstić information content (AvgIpc) is 3.73. The quantitative estimate of drug-likeness (QED) is 0.0761. The predicted molar refractivity (Wildman–Crippen MR) is 274 cm³/mol. The number of hydroxylamine groups is 4. The summed E-state index contributed by atoms with van der Waals surface area (Å²) in [6.07, 6.45) is 2.68. The lowest BCUT2D eigenvalue weighted by Crippen LogP contribution is -2.47. The van der Waals surface area contributed by atoms with Gasteiger partial charge in [0.25, 0.3) is 11.8 Å². The minimum atomic E-state index is -4.06. The predicted octanol–water partition coefficient (Wildman–Crippen LogP) is 10.6. The summed E-state index contributed by atoms with van der Waals surface area (Å²) in [6, 6.07) is 55.3. The first kappa shape index (κ1) is 51.8. The molecule has 2 amide bonds. The maximum Gasteiger partial charge on any atom is 0.264 e. The number of nitrogens with zero attached hydrogens (tertiary/aromatic N) is 2. The van der Waals surface area contributed by atoms with E-state index in [0.29, 0.717) is 65.2 Å². The smallest absolute Gasteiger partial charge is 0.264 e. The summed E-state index contributed by atoms with van der Waals surface area (Å²) >= 11 is 0. The van der Waals surface area contributed by atoms with Crippen LogP contribution < -0.4 is 18.9 Å². The van der Waals surface area contributed by atoms with Gasteiger partial charge < -0.3 is 18.9 Å². The highest BCUT2D eigenvalue weighted by molar-refractivity contribution is 7.93. The van der Waals surface area contributed by atoms with Crippen molar-refractivity contribution in [3.05, 3.63) is 205 Å². The van der Waals surface area contributed by atoms with E-state index in [9.17, 15) is 31.6 Å². The van der Waals surface area contributed by atoms with Crippen molar-refractivity contribution in [3.8, 4) is 34.5 Å². The van der Waals surface area contributed by atoms with E-state index in [4.69, 9.17) is 23.8 Å². The van der Waals surface area contributed by atoms with Crippen molar-refractivity contribution >= 4 is 31.5 Å². The highest BCUT2D eigenvalue weighted by Crippen LogP contribution is 2.42. The molecule has 7 aromatic rings. The van der Waals surface area contributed by atoms with Crippen LogP contribution in [0, 0.1) is 0 Å². The molecule has 2 fully saturated rings. The van der Waals surface area contributed by atoms with Crippen LogP contribution >= 0.6 is 0 Å². The molecule has 0 aromatic heterocycles. The Morgan fingerprint density at radius 3 is 1.14 bits per heavy atom. The van der Waals surface area contributed by atoms with Gasteiger partial charge in [0.05, 0.1) is 24.0 Å². The molecule has 2 saturated heterocycles. The molecule has 2 atom stereocenters. The second kappa shape index (κ2) is 23.4. The Morgan fingerprint density at radius 1 is 0.438 bits per heavy atom. The lowest BCUT2D eigenvalue weighted by Gasteiger charge is -2.39. The molecule has 2 aliphatic heterocycles. The van der Waals surface area contributed by atoms with E-state index in [1.807, 2.05) is 91.0 Å². The number of amides is 2. The molecule has 9 rings (SSSR count). The number of ether oxygens (including phenoxy) is 4. The zero-order chi connectivity index (χ0) is 51.4. The third kappa shape index (κ3) is 11.9. The molecule has 14 nitrogen and oxygen atoms in total. The standard InChI is InChI=1S/C38H35NO6S.C19H21NO6S/c1-43-32-20-22-33(23-21-32)44-34-24-26-35(27-25-34)46(41,42)36-19-11-12-28-39(37(36)40)45-38(29-13-5-2-6-14-29,30-15-7-3-8-16-30)31-17-9-4-10-18-31;1-25-14-5-7-15(8-6-14)26-16-9-11-17(12-10-16)27(23,24)18-4-2-3-13-20(22)19(18)21/h2-10,13-18,20-27,36H,11-12,19,28H2,1H3;5-12,18,22H,2-4,13H2,1H3. The molecule has 2 heterocycles. The van der Waals surface area contributed by atoms with Crippen LogP contribution in [-0.4, -0.2) is 81.8 Å². The lowest BCUT2D eigenvalue weighted by molar-refractivity contribution is -0.221. The van der Waals surface area contributed by atoms with Crippen LogP contribution in [0.1, 0.15) is 55.2 Å². The van der Waals surface area contributed by atoms with E-state index >= 15 is 0 Å². The van der Waals surface area contributed by atoms with Gasteiger partial charge >= 0.3 is 0 Å². The van der Waals surface area contributed by atoms with Gasteiger partial charge in [0.1, 0.15) is 45.0 Å². The van der Waals surface area contributed by atoms with E-state index in [2.05, 4.69) is 0 Å². The van der Waals surface area contributed by atoms with Gasteiger partial charge in [-0.3, -0.25) is 14.8 Å². The largest absolute Gasteiger partial charge is 0.497 e. The summed E-state index contributed by atoms with van der Waals surface area (Å²) in [4.78, 5) is 33.4. The number of methoxy groups -OCH3 is 2. The van der Waals surface area contributed by atoms with Crippen LogP contribution in [0.25, 0.3) is 0 Å². The van der Waals surface area contributed by atoms with Crippen molar-refractivity contribution in [3.63, 3.8) is 0 Å². The topological polar surface area (TPSA) is 175 Å². The van der Waals surface area contributed by atoms with Crippen molar-refractivity contribution in [2.75, 3.05) is 27.3 Å². The van der Waals surface area contributed by atoms with E-state index in [1.165, 1.54) is 41.5 Å². The fourth-order valence-corrected chi connectivity index (χ4v) is 12.2. The molecule has 0 spiro atoms. The molecular formula is C57H56N2O12S2. The normalized spacial score (nSPS) is 16.5. The van der Waals surface area contributed by atoms with Crippen LogP contribution in [0.4, 0.5) is 0 Å². The highest BCUT2D eigenvalue weighted by atomic mass is 32.2. The Morgan fingerprint density at radius 2 is 0.767 bits per heavy atom. The Hall–Kier alpha value is -7.50. The number of sulfone groups is 2. The van der Waals surface area contributed by atoms with E-state index in [1.54, 1.807) is 74.9 Å². The summed E-state index contributed by atoms with van der Waals surface area (Å²) in [5.74, 6) is 2.16. The molecule has 2 aliphatic rings. The van der Waals surface area contributed by atoms with Gasteiger partial charge in [-0.05, 0) is 152 Å². The molecule has 2 unspecified atom stereocenters. The van der Waals surface area contributed by atoms with Gasteiger partial charge in [0, 0.05) is 13.1 Å². The highest BCUT2D eigenvalue weighted by Gasteiger charge is 2.45. The molecule has 0 radical (unpaired) electrons. The van der Waals surface area contributed by atoms with Crippen LogP contribution in [0.15, 0.2) is 198 Å². The Kier molecular flexibility index (Phi) is 16.6. The monoisotopic (exact) mass is 1020 g/mol. The van der Waals surface area contributed by atoms with Crippen molar-refractivity contribution in [1.29, 1.82) is 0 Å². The van der Waals surface area contributed by atoms with Crippen LogP contribution in [0.3, 0.4) is 0 Å². The molecule has 73 heavy (non-hydrogen) atoms. The van der Waals surface area contributed by atoms with Gasteiger partial charge in [-0.25, -0.2) is 31.8 Å². The summed E-state index contributed by atoms with van der Waals surface area (Å²) in [5, 5.41) is 8.90. The van der Waals surface area contributed by atoms with Crippen LogP contribution in [0.5, 0.6) is 34.5 Å². The van der Waals surface area contributed by atoms with Gasteiger partial charge in [-0.1, -0.05) is 91.0 Å². The van der Waals surface area contributed by atoms with Gasteiger partial charge in [-0.2, -0.15) is 0 Å². The molecule has 0 saturated carbocycles. The van der Waals surface area contributed by atoms with Gasteiger partial charge in [0.15, 0.2) is 25.3 Å². The summed E-state index contributed by atoms with van der Waals surface area (Å²) in [6.45, 7) is 0.410. The first-order valence-electron chi connectivity index (χ1n) is 23.8. The fraction of sp³-hybridized carbons (Fsp3) is 0.228. The fourth-order valence-electron chi connectivity index (χ4n) is 8.76. The number of carbonyl (C=O) groups excluding carboxylic acids is 2. The Labute approximate surface area is 426 Å². The first-order valence-corrected chi connectivity index (χ1v) is 26.9. The average molecular weight is 1030 g/mol. The zero-order valence-electron chi connectivity index (χ0n) is 40.4. The molecule has 0 bridgehead atoms. The first-order chi connectivity index (χ1) is 35.3. The van der Waals surface area contributed by atoms with Gasteiger partial charge in [-0.15, -0.1) is 0 Å². The summed E-state index contributed by atoms with van der Waals surface area (Å²) < 4.78 is 75.6. The summed E-state index contributed by atoms with van der Waals surface area (Å²) in [5.41, 5.74) is 1.24. The lowest BCUT2D eigenvalue weighted by atomic mass is 9.80. The SMILES string of the molecule is COc1ccc(Oc2ccc(S(=O)(=O)C3CCCCN(O)C3=O)cc2)cc1.COc1ccc(Oc2ccc(S(=O)(=O)C3CCCCN(OC(c4ccccc4)(c4ccccc4)c4ccccc4)C3=O)cc2)cc1. The maximum atomic E-state index is 14.3. The van der Waals surface area contributed by atoms with Crippen LogP contribution in [-0.2, 0) is 39.7 Å². The van der Waals surface area contributed by atoms with E-state index in [-0.39, 0.29) is 35.7 Å². The van der Waals surface area contributed by atoms with Crippen molar-refractivity contribution < 1.29 is 55.4 Å². The number of benzene rings is 7. The third-order valence-corrected chi connectivity index (χ3v) is 16.9. The zero-order valence-corrected chi connectivity index (χ0v) is 42.0. The molecular weight excluding hydrogens is 969 g/mol. The summed E-state index contributed by atoms with van der Waals surface area (Å²) in [7, 11) is -4.79. The van der Waals surface area contributed by atoms with Gasteiger partial charge in [0.2, 0.25) is 0 Å². The molecule has 0 aliphatic carbocycles. The van der Waals surface area contributed by atoms with E-state index < -0.39 is 47.6 Å². The van der Waals surface area contributed by atoms with E-state index in [0.717, 1.165) is 16.7 Å². The number of hydrogen-bond acceptors (Lipinski definition) is 12. The second-order valence-electron chi connectivity index (χ2n) is 17.3. The molecule has 7 aromatic carbocycles. The Balaban J connectivity index is 0.000000224. The van der Waals surface area contributed by atoms with Crippen molar-refractivity contribution in [1.82, 2.24) is 10.1 Å². The van der Waals surface area contributed by atoms with Crippen molar-refractivity contribution in [2.45, 2.75) is 64.4 Å². The van der Waals surface area contributed by atoms with Crippen LogP contribution in [0.2, 0.25) is 0 Å².